The zero-order valence-corrected chi connectivity index (χ0v) is 13.7. The van der Waals surface area contributed by atoms with Gasteiger partial charge in [0.2, 0.25) is 0 Å². The summed E-state index contributed by atoms with van der Waals surface area (Å²) in [4.78, 5) is 25.7. The third-order valence-electron chi connectivity index (χ3n) is 4.20. The Bertz CT molecular complexity index is 517. The highest BCUT2D eigenvalue weighted by Crippen LogP contribution is 2.21. The Morgan fingerprint density at radius 2 is 1.90 bits per heavy atom. The van der Waals surface area contributed by atoms with Gasteiger partial charge in [0.15, 0.2) is 5.78 Å². The molecule has 0 spiro atoms. The lowest BCUT2D eigenvalue weighted by molar-refractivity contribution is 0.0671. The number of halogens is 1. The molecule has 2 N–H and O–H groups in total. The van der Waals surface area contributed by atoms with Gasteiger partial charge in [-0.05, 0) is 38.7 Å². The van der Waals surface area contributed by atoms with Crippen molar-refractivity contribution in [3.63, 3.8) is 0 Å². The maximum atomic E-state index is 12.5. The topological polar surface area (TPSA) is 68.3 Å². The lowest BCUT2D eigenvalue weighted by atomic mass is 9.91. The quantitative estimate of drug-likeness (QED) is 0.866. The number of ketones is 1. The molecule has 1 saturated heterocycles. The molecule has 0 aromatic carbocycles. The Morgan fingerprint density at radius 1 is 1.33 bits per heavy atom. The standard InChI is InChI=1S/C15H23N3O2.ClH/c1-10(16)12-4-6-18(7-5-12)15(20)14-8-13(11(2)19)9-17(14)3;/h8-10,12H,4-7,16H2,1-3H3;1H. The number of aromatic nitrogens is 1. The number of aryl methyl sites for hydroxylation is 1. The van der Waals surface area contributed by atoms with E-state index in [2.05, 4.69) is 0 Å². The molecule has 2 heterocycles. The van der Waals surface area contributed by atoms with Crippen molar-refractivity contribution in [2.24, 2.45) is 18.7 Å². The maximum Gasteiger partial charge on any atom is 0.270 e. The summed E-state index contributed by atoms with van der Waals surface area (Å²) in [6.45, 7) is 5.02. The van der Waals surface area contributed by atoms with E-state index < -0.39 is 0 Å². The van der Waals surface area contributed by atoms with Crippen LogP contribution in [0.25, 0.3) is 0 Å². The van der Waals surface area contributed by atoms with Gasteiger partial charge in [-0.25, -0.2) is 0 Å². The van der Waals surface area contributed by atoms with Gasteiger partial charge in [0, 0.05) is 37.9 Å². The van der Waals surface area contributed by atoms with E-state index in [1.54, 1.807) is 23.9 Å². The van der Waals surface area contributed by atoms with Gasteiger partial charge in [0.05, 0.1) is 0 Å². The SMILES string of the molecule is CC(=O)c1cc(C(=O)N2CCC(C(C)N)CC2)n(C)c1.Cl. The van der Waals surface area contributed by atoms with E-state index in [-0.39, 0.29) is 30.1 Å². The fourth-order valence-corrected chi connectivity index (χ4v) is 2.76. The number of hydrogen-bond acceptors (Lipinski definition) is 3. The van der Waals surface area contributed by atoms with E-state index in [1.807, 2.05) is 11.8 Å². The van der Waals surface area contributed by atoms with Gasteiger partial charge in [-0.1, -0.05) is 0 Å². The number of carbonyl (C=O) groups is 2. The summed E-state index contributed by atoms with van der Waals surface area (Å²) in [7, 11) is 1.80. The molecule has 1 fully saturated rings. The van der Waals surface area contributed by atoms with E-state index in [4.69, 9.17) is 5.73 Å². The summed E-state index contributed by atoms with van der Waals surface area (Å²) in [6.07, 6.45) is 3.62. The molecule has 0 saturated carbocycles. The average molecular weight is 314 g/mol. The second-order valence-corrected chi connectivity index (χ2v) is 5.77. The van der Waals surface area contributed by atoms with Crippen LogP contribution in [0.5, 0.6) is 0 Å². The molecule has 1 aromatic heterocycles. The number of rotatable bonds is 3. The van der Waals surface area contributed by atoms with Gasteiger partial charge >= 0.3 is 0 Å². The van der Waals surface area contributed by atoms with Gasteiger partial charge in [0.25, 0.3) is 5.91 Å². The minimum atomic E-state index is -0.0182. The van der Waals surface area contributed by atoms with Crippen molar-refractivity contribution in [1.82, 2.24) is 9.47 Å². The van der Waals surface area contributed by atoms with E-state index in [0.29, 0.717) is 17.2 Å². The minimum Gasteiger partial charge on any atom is -0.346 e. The highest BCUT2D eigenvalue weighted by molar-refractivity contribution is 5.99. The van der Waals surface area contributed by atoms with Crippen LogP contribution in [0.3, 0.4) is 0 Å². The Labute approximate surface area is 131 Å². The summed E-state index contributed by atoms with van der Waals surface area (Å²) in [5.74, 6) is 0.485. The van der Waals surface area contributed by atoms with Gasteiger partial charge in [0.1, 0.15) is 5.69 Å². The highest BCUT2D eigenvalue weighted by Gasteiger charge is 2.27. The maximum absolute atomic E-state index is 12.5. The Balaban J connectivity index is 0.00000220. The van der Waals surface area contributed by atoms with E-state index >= 15 is 0 Å². The summed E-state index contributed by atoms with van der Waals surface area (Å²) < 4.78 is 1.73. The fourth-order valence-electron chi connectivity index (χ4n) is 2.76. The molecule has 1 aliphatic rings. The fraction of sp³-hybridized carbons (Fsp3) is 0.600. The van der Waals surface area contributed by atoms with E-state index in [0.717, 1.165) is 25.9 Å². The lowest BCUT2D eigenvalue weighted by Crippen LogP contribution is -2.43. The molecule has 1 aliphatic heterocycles. The smallest absolute Gasteiger partial charge is 0.270 e. The third-order valence-corrected chi connectivity index (χ3v) is 4.20. The van der Waals surface area contributed by atoms with Crippen LogP contribution in [-0.4, -0.2) is 40.3 Å². The molecular formula is C15H24ClN3O2. The number of piperidine rings is 1. The van der Waals surface area contributed by atoms with Crippen molar-refractivity contribution in [3.8, 4) is 0 Å². The monoisotopic (exact) mass is 313 g/mol. The van der Waals surface area contributed by atoms with Crippen molar-refractivity contribution in [2.45, 2.75) is 32.7 Å². The van der Waals surface area contributed by atoms with Crippen LogP contribution in [0.4, 0.5) is 0 Å². The lowest BCUT2D eigenvalue weighted by Gasteiger charge is -2.33. The first-order chi connectivity index (χ1) is 9.40. The second kappa shape index (κ2) is 7.09. The number of carbonyl (C=O) groups excluding carboxylic acids is 2. The first-order valence-electron chi connectivity index (χ1n) is 7.12. The predicted octanol–water partition coefficient (Wildman–Crippen LogP) is 1.85. The highest BCUT2D eigenvalue weighted by atomic mass is 35.5. The third kappa shape index (κ3) is 3.86. The molecule has 0 radical (unpaired) electrons. The van der Waals surface area contributed by atoms with Crippen molar-refractivity contribution in [3.05, 3.63) is 23.5 Å². The Morgan fingerprint density at radius 3 is 2.33 bits per heavy atom. The zero-order chi connectivity index (χ0) is 14.9. The molecule has 6 heteroatoms. The average Bonchev–Trinajstić information content (AvgIpc) is 2.80. The summed E-state index contributed by atoms with van der Waals surface area (Å²) in [5, 5.41) is 0. The van der Waals surface area contributed by atoms with Crippen LogP contribution in [0, 0.1) is 5.92 Å². The van der Waals surface area contributed by atoms with Crippen LogP contribution >= 0.6 is 12.4 Å². The summed E-state index contributed by atoms with van der Waals surface area (Å²) in [6, 6.07) is 1.87. The molecule has 5 nitrogen and oxygen atoms in total. The van der Waals surface area contributed by atoms with Crippen LogP contribution in [0.2, 0.25) is 0 Å². The van der Waals surface area contributed by atoms with Crippen molar-refractivity contribution in [2.75, 3.05) is 13.1 Å². The first-order valence-corrected chi connectivity index (χ1v) is 7.12. The molecule has 118 valence electrons. The molecule has 21 heavy (non-hydrogen) atoms. The number of amides is 1. The Hall–Kier alpha value is -1.33. The van der Waals surface area contributed by atoms with E-state index in [9.17, 15) is 9.59 Å². The molecular weight excluding hydrogens is 290 g/mol. The zero-order valence-electron chi connectivity index (χ0n) is 12.8. The van der Waals surface area contributed by atoms with Crippen molar-refractivity contribution < 1.29 is 9.59 Å². The molecule has 1 atom stereocenters. The molecule has 1 unspecified atom stereocenters. The van der Waals surface area contributed by atoms with Crippen LogP contribution in [0.15, 0.2) is 12.3 Å². The van der Waals surface area contributed by atoms with Gasteiger partial charge in [-0.3, -0.25) is 9.59 Å². The second-order valence-electron chi connectivity index (χ2n) is 5.77. The van der Waals surface area contributed by atoms with E-state index in [1.165, 1.54) is 6.92 Å². The molecule has 1 aromatic rings. The van der Waals surface area contributed by atoms with Crippen molar-refractivity contribution >= 4 is 24.1 Å². The number of nitrogens with zero attached hydrogens (tertiary/aromatic N) is 2. The van der Waals surface area contributed by atoms with Crippen LogP contribution < -0.4 is 5.73 Å². The molecule has 2 rings (SSSR count). The summed E-state index contributed by atoms with van der Waals surface area (Å²) in [5.41, 5.74) is 7.08. The number of Topliss-reactive ketones (excluding diaryl/α,β-unsaturated/α-hetero) is 1. The summed E-state index contributed by atoms with van der Waals surface area (Å²) >= 11 is 0. The predicted molar refractivity (Wildman–Crippen MR) is 84.9 cm³/mol. The Kier molecular flexibility index (Phi) is 5.98. The molecule has 0 aliphatic carbocycles. The first kappa shape index (κ1) is 17.7. The molecule has 0 bridgehead atoms. The van der Waals surface area contributed by atoms with Gasteiger partial charge in [-0.15, -0.1) is 12.4 Å². The minimum absolute atomic E-state index is 0. The normalized spacial score (nSPS) is 17.2. The number of nitrogens with two attached hydrogens (primary N) is 1. The number of hydrogen-bond donors (Lipinski definition) is 1. The molecule has 1 amide bonds. The van der Waals surface area contributed by atoms with Gasteiger partial charge < -0.3 is 15.2 Å². The van der Waals surface area contributed by atoms with Crippen LogP contribution in [0.1, 0.15) is 47.5 Å². The number of likely N-dealkylation sites (tertiary alicyclic amines) is 1. The largest absolute Gasteiger partial charge is 0.346 e. The van der Waals surface area contributed by atoms with Gasteiger partial charge in [-0.2, -0.15) is 0 Å². The van der Waals surface area contributed by atoms with Crippen molar-refractivity contribution in [1.29, 1.82) is 0 Å². The van der Waals surface area contributed by atoms with Crippen LogP contribution in [-0.2, 0) is 7.05 Å².